The van der Waals surface area contributed by atoms with Gasteiger partial charge in [-0.15, -0.1) is 0 Å². The van der Waals surface area contributed by atoms with Crippen molar-refractivity contribution in [2.75, 3.05) is 5.32 Å². The van der Waals surface area contributed by atoms with Crippen LogP contribution in [-0.4, -0.2) is 12.3 Å². The Kier molecular flexibility index (Phi) is 5.28. The number of benzene rings is 2. The summed E-state index contributed by atoms with van der Waals surface area (Å²) in [5.41, 5.74) is 3.06. The molecule has 1 unspecified atom stereocenters. The Bertz CT molecular complexity index is 656. The number of urea groups is 1. The highest BCUT2D eigenvalue weighted by atomic mass is 35.5. The molecule has 4 nitrogen and oxygen atoms in total. The Balaban J connectivity index is 1.88. The van der Waals surface area contributed by atoms with E-state index in [-0.39, 0.29) is 6.03 Å². The molecule has 2 aromatic rings. The molecule has 2 N–H and O–H groups in total. The summed E-state index contributed by atoms with van der Waals surface area (Å²) in [6.07, 6.45) is -0.465. The molecule has 0 bridgehead atoms. The summed E-state index contributed by atoms with van der Waals surface area (Å²) in [5.74, 6) is 0.642. The number of anilines is 1. The van der Waals surface area contributed by atoms with Crippen LogP contribution in [0, 0.1) is 13.8 Å². The molecule has 0 aliphatic rings. The van der Waals surface area contributed by atoms with E-state index in [1.54, 1.807) is 31.2 Å². The smallest absolute Gasteiger partial charge is 0.322 e. The third kappa shape index (κ3) is 4.67. The first-order valence-corrected chi connectivity index (χ1v) is 7.39. The molecule has 0 heterocycles. The molecular formula is C17H19ClN2O2. The number of hydrogen-bond acceptors (Lipinski definition) is 2. The van der Waals surface area contributed by atoms with Crippen molar-refractivity contribution in [3.8, 4) is 5.75 Å². The van der Waals surface area contributed by atoms with Gasteiger partial charge in [0.25, 0.3) is 0 Å². The van der Waals surface area contributed by atoms with E-state index in [1.165, 1.54) is 5.56 Å². The van der Waals surface area contributed by atoms with Gasteiger partial charge in [-0.1, -0.05) is 17.7 Å². The van der Waals surface area contributed by atoms with Crippen molar-refractivity contribution >= 4 is 23.3 Å². The van der Waals surface area contributed by atoms with Gasteiger partial charge < -0.3 is 15.4 Å². The topological polar surface area (TPSA) is 50.4 Å². The molecule has 5 heteroatoms. The van der Waals surface area contributed by atoms with Gasteiger partial charge in [0, 0.05) is 10.7 Å². The quantitative estimate of drug-likeness (QED) is 0.815. The van der Waals surface area contributed by atoms with Crippen LogP contribution in [0.3, 0.4) is 0 Å². The van der Waals surface area contributed by atoms with Crippen LogP contribution in [0.4, 0.5) is 10.5 Å². The zero-order chi connectivity index (χ0) is 16.1. The van der Waals surface area contributed by atoms with Gasteiger partial charge in [-0.05, 0) is 68.3 Å². The van der Waals surface area contributed by atoms with Gasteiger partial charge >= 0.3 is 6.03 Å². The van der Waals surface area contributed by atoms with E-state index < -0.39 is 6.23 Å². The fourth-order valence-electron chi connectivity index (χ4n) is 1.92. The van der Waals surface area contributed by atoms with Crippen molar-refractivity contribution in [3.05, 3.63) is 58.6 Å². The second-order valence-electron chi connectivity index (χ2n) is 5.11. The van der Waals surface area contributed by atoms with E-state index >= 15 is 0 Å². The third-order valence-corrected chi connectivity index (χ3v) is 3.48. The minimum absolute atomic E-state index is 0.315. The SMILES string of the molecule is Cc1ccc(NC(=O)NC(C)Oc2ccc(Cl)cc2)cc1C. The maximum atomic E-state index is 11.9. The van der Waals surface area contributed by atoms with E-state index in [1.807, 2.05) is 32.0 Å². The Morgan fingerprint density at radius 3 is 2.41 bits per heavy atom. The predicted octanol–water partition coefficient (Wildman–Crippen LogP) is 4.50. The molecule has 1 atom stereocenters. The molecule has 2 aromatic carbocycles. The average Bonchev–Trinajstić information content (AvgIpc) is 2.45. The minimum atomic E-state index is -0.465. The number of aryl methyl sites for hydroxylation is 2. The molecule has 0 saturated carbocycles. The lowest BCUT2D eigenvalue weighted by atomic mass is 10.1. The van der Waals surface area contributed by atoms with Crippen molar-refractivity contribution in [2.24, 2.45) is 0 Å². The van der Waals surface area contributed by atoms with Crippen LogP contribution < -0.4 is 15.4 Å². The molecule has 0 spiro atoms. The number of rotatable bonds is 4. The highest BCUT2D eigenvalue weighted by Crippen LogP contribution is 2.17. The Labute approximate surface area is 135 Å². The number of halogens is 1. The van der Waals surface area contributed by atoms with E-state index in [0.29, 0.717) is 10.8 Å². The molecular weight excluding hydrogens is 300 g/mol. The highest BCUT2D eigenvalue weighted by Gasteiger charge is 2.09. The molecule has 22 heavy (non-hydrogen) atoms. The number of carbonyl (C=O) groups excluding carboxylic acids is 1. The molecule has 2 amide bonds. The zero-order valence-electron chi connectivity index (χ0n) is 12.8. The molecule has 0 aliphatic heterocycles. The van der Waals surface area contributed by atoms with Crippen molar-refractivity contribution < 1.29 is 9.53 Å². The van der Waals surface area contributed by atoms with E-state index in [4.69, 9.17) is 16.3 Å². The van der Waals surface area contributed by atoms with Gasteiger partial charge in [0.2, 0.25) is 0 Å². The van der Waals surface area contributed by atoms with Gasteiger partial charge in [0.05, 0.1) is 0 Å². The largest absolute Gasteiger partial charge is 0.471 e. The number of carbonyl (C=O) groups is 1. The zero-order valence-corrected chi connectivity index (χ0v) is 13.6. The van der Waals surface area contributed by atoms with Gasteiger partial charge in [-0.25, -0.2) is 4.79 Å². The predicted molar refractivity (Wildman–Crippen MR) is 89.6 cm³/mol. The van der Waals surface area contributed by atoms with Crippen molar-refractivity contribution in [1.29, 1.82) is 0 Å². The lowest BCUT2D eigenvalue weighted by molar-refractivity contribution is 0.183. The summed E-state index contributed by atoms with van der Waals surface area (Å²) in [4.78, 5) is 11.9. The lowest BCUT2D eigenvalue weighted by Crippen LogP contribution is -2.39. The van der Waals surface area contributed by atoms with Crippen LogP contribution in [0.5, 0.6) is 5.75 Å². The van der Waals surface area contributed by atoms with Gasteiger partial charge in [0.1, 0.15) is 5.75 Å². The molecule has 116 valence electrons. The fraction of sp³-hybridized carbons (Fsp3) is 0.235. The van der Waals surface area contributed by atoms with Crippen LogP contribution in [-0.2, 0) is 0 Å². The van der Waals surface area contributed by atoms with Gasteiger partial charge in [-0.3, -0.25) is 0 Å². The Hall–Kier alpha value is -2.20. The standard InChI is InChI=1S/C17H19ClN2O2/c1-11-4-7-15(10-12(11)2)20-17(21)19-13(3)22-16-8-5-14(18)6-9-16/h4-10,13H,1-3H3,(H2,19,20,21). The maximum absolute atomic E-state index is 11.9. The van der Waals surface area contributed by atoms with E-state index in [0.717, 1.165) is 11.3 Å². The summed E-state index contributed by atoms with van der Waals surface area (Å²) in [6, 6.07) is 12.4. The van der Waals surface area contributed by atoms with Crippen LogP contribution in [0.1, 0.15) is 18.1 Å². The van der Waals surface area contributed by atoms with Crippen molar-refractivity contribution in [3.63, 3.8) is 0 Å². The number of nitrogens with one attached hydrogen (secondary N) is 2. The molecule has 2 rings (SSSR count). The van der Waals surface area contributed by atoms with Gasteiger partial charge in [0.15, 0.2) is 6.23 Å². The molecule has 0 radical (unpaired) electrons. The second-order valence-corrected chi connectivity index (χ2v) is 5.55. The van der Waals surface area contributed by atoms with Crippen molar-refractivity contribution in [2.45, 2.75) is 27.0 Å². The molecule has 0 aromatic heterocycles. The number of hydrogen-bond donors (Lipinski definition) is 2. The van der Waals surface area contributed by atoms with Crippen molar-refractivity contribution in [1.82, 2.24) is 5.32 Å². The van der Waals surface area contributed by atoms with Gasteiger partial charge in [-0.2, -0.15) is 0 Å². The first-order chi connectivity index (χ1) is 10.4. The average molecular weight is 319 g/mol. The summed E-state index contributed by atoms with van der Waals surface area (Å²) < 4.78 is 5.59. The minimum Gasteiger partial charge on any atom is -0.471 e. The van der Waals surface area contributed by atoms with Crippen LogP contribution in [0.2, 0.25) is 5.02 Å². The second kappa shape index (κ2) is 7.18. The summed E-state index contributed by atoms with van der Waals surface area (Å²) in [7, 11) is 0. The van der Waals surface area contributed by atoms with E-state index in [9.17, 15) is 4.79 Å². The molecule has 0 saturated heterocycles. The summed E-state index contributed by atoms with van der Waals surface area (Å²) >= 11 is 5.81. The first kappa shape index (κ1) is 16.2. The summed E-state index contributed by atoms with van der Waals surface area (Å²) in [6.45, 7) is 5.79. The monoisotopic (exact) mass is 318 g/mol. The Morgan fingerprint density at radius 2 is 1.77 bits per heavy atom. The van der Waals surface area contributed by atoms with Crippen LogP contribution in [0.25, 0.3) is 0 Å². The summed E-state index contributed by atoms with van der Waals surface area (Å²) in [5, 5.41) is 6.14. The van der Waals surface area contributed by atoms with Crippen LogP contribution >= 0.6 is 11.6 Å². The number of ether oxygens (including phenoxy) is 1. The van der Waals surface area contributed by atoms with Crippen LogP contribution in [0.15, 0.2) is 42.5 Å². The lowest BCUT2D eigenvalue weighted by Gasteiger charge is -2.17. The molecule has 0 fully saturated rings. The third-order valence-electron chi connectivity index (χ3n) is 3.23. The highest BCUT2D eigenvalue weighted by molar-refractivity contribution is 6.30. The first-order valence-electron chi connectivity index (χ1n) is 7.01. The number of amides is 2. The maximum Gasteiger partial charge on any atom is 0.322 e. The van der Waals surface area contributed by atoms with E-state index in [2.05, 4.69) is 10.6 Å². The normalized spacial score (nSPS) is 11.6. The molecule has 0 aliphatic carbocycles. The Morgan fingerprint density at radius 1 is 1.09 bits per heavy atom. The fourth-order valence-corrected chi connectivity index (χ4v) is 2.04.